The molecular weight excluding hydrogens is 240 g/mol. The fourth-order valence-electron chi connectivity index (χ4n) is 2.68. The lowest BCUT2D eigenvalue weighted by atomic mass is 9.86. The zero-order valence-corrected chi connectivity index (χ0v) is 12.5. The van der Waals surface area contributed by atoms with Crippen LogP contribution in [0.1, 0.15) is 58.3 Å². The van der Waals surface area contributed by atoms with Gasteiger partial charge in [0.05, 0.1) is 6.10 Å². The van der Waals surface area contributed by atoms with E-state index in [-0.39, 0.29) is 12.1 Å². The molecule has 0 spiro atoms. The molecule has 1 rings (SSSR count). The highest BCUT2D eigenvalue weighted by atomic mass is 16.3. The van der Waals surface area contributed by atoms with Crippen molar-refractivity contribution in [1.29, 1.82) is 0 Å². The molecule has 0 heterocycles. The number of amides is 2. The van der Waals surface area contributed by atoms with Crippen molar-refractivity contribution in [2.45, 2.75) is 64.4 Å². The number of nitrogens with zero attached hydrogens (tertiary/aromatic N) is 1. The summed E-state index contributed by atoms with van der Waals surface area (Å²) in [5.41, 5.74) is 0. The molecule has 1 aliphatic carbocycles. The highest BCUT2D eigenvalue weighted by Gasteiger charge is 2.13. The minimum absolute atomic E-state index is 0.0238. The van der Waals surface area contributed by atoms with Crippen LogP contribution < -0.4 is 5.32 Å². The van der Waals surface area contributed by atoms with Crippen LogP contribution in [0.2, 0.25) is 0 Å². The van der Waals surface area contributed by atoms with Crippen molar-refractivity contribution in [2.24, 2.45) is 5.92 Å². The van der Waals surface area contributed by atoms with Crippen molar-refractivity contribution >= 4 is 6.03 Å². The standard InChI is InChI=1S/C15H30N2O2/c1-13(18)10-12-17(2)15(19)16-11-6-9-14-7-4-3-5-8-14/h13-14,18H,3-12H2,1-2H3,(H,16,19). The normalized spacial score (nSPS) is 18.1. The first-order chi connectivity index (χ1) is 9.09. The van der Waals surface area contributed by atoms with Crippen LogP contribution >= 0.6 is 0 Å². The van der Waals surface area contributed by atoms with Gasteiger partial charge in [0, 0.05) is 20.1 Å². The molecule has 0 radical (unpaired) electrons. The summed E-state index contributed by atoms with van der Waals surface area (Å²) in [6, 6.07) is -0.0238. The van der Waals surface area contributed by atoms with Crippen LogP contribution in [-0.2, 0) is 0 Å². The number of nitrogens with one attached hydrogen (secondary N) is 1. The van der Waals surface area contributed by atoms with Crippen molar-refractivity contribution in [3.8, 4) is 0 Å². The topological polar surface area (TPSA) is 52.6 Å². The molecule has 0 aliphatic heterocycles. The van der Waals surface area contributed by atoms with Gasteiger partial charge in [-0.1, -0.05) is 32.1 Å². The smallest absolute Gasteiger partial charge is 0.317 e. The third-order valence-corrected chi connectivity index (χ3v) is 4.02. The van der Waals surface area contributed by atoms with Gasteiger partial charge in [-0.05, 0) is 32.1 Å². The Labute approximate surface area is 117 Å². The Morgan fingerprint density at radius 3 is 2.68 bits per heavy atom. The summed E-state index contributed by atoms with van der Waals surface area (Å²) in [4.78, 5) is 13.4. The Morgan fingerprint density at radius 2 is 2.05 bits per heavy atom. The number of carbonyl (C=O) groups excluding carboxylic acids is 1. The van der Waals surface area contributed by atoms with Crippen LogP contribution in [0, 0.1) is 5.92 Å². The highest BCUT2D eigenvalue weighted by molar-refractivity contribution is 5.73. The zero-order chi connectivity index (χ0) is 14.1. The molecule has 0 aromatic heterocycles. The Morgan fingerprint density at radius 1 is 1.37 bits per heavy atom. The van der Waals surface area contributed by atoms with Crippen molar-refractivity contribution in [3.05, 3.63) is 0 Å². The first-order valence-electron chi connectivity index (χ1n) is 7.76. The molecule has 1 fully saturated rings. The molecule has 112 valence electrons. The molecule has 1 aliphatic rings. The van der Waals surface area contributed by atoms with Crippen LogP contribution in [0.4, 0.5) is 4.79 Å². The molecule has 4 nitrogen and oxygen atoms in total. The van der Waals surface area contributed by atoms with Gasteiger partial charge in [0.15, 0.2) is 0 Å². The average Bonchev–Trinajstić information content (AvgIpc) is 2.41. The van der Waals surface area contributed by atoms with Gasteiger partial charge in [-0.2, -0.15) is 0 Å². The van der Waals surface area contributed by atoms with E-state index in [0.29, 0.717) is 13.0 Å². The van der Waals surface area contributed by atoms with Gasteiger partial charge in [0.1, 0.15) is 0 Å². The van der Waals surface area contributed by atoms with E-state index in [4.69, 9.17) is 0 Å². The predicted molar refractivity (Wildman–Crippen MR) is 78.1 cm³/mol. The summed E-state index contributed by atoms with van der Waals surface area (Å²) < 4.78 is 0. The fourth-order valence-corrected chi connectivity index (χ4v) is 2.68. The molecule has 19 heavy (non-hydrogen) atoms. The summed E-state index contributed by atoms with van der Waals surface area (Å²) in [5.74, 6) is 0.888. The van der Waals surface area contributed by atoms with Crippen molar-refractivity contribution < 1.29 is 9.90 Å². The second-order valence-electron chi connectivity index (χ2n) is 5.94. The number of rotatable bonds is 7. The van der Waals surface area contributed by atoms with E-state index in [2.05, 4.69) is 5.32 Å². The van der Waals surface area contributed by atoms with E-state index in [9.17, 15) is 9.90 Å². The maximum Gasteiger partial charge on any atom is 0.317 e. The SMILES string of the molecule is CC(O)CCN(C)C(=O)NCCCC1CCCCC1. The lowest BCUT2D eigenvalue weighted by molar-refractivity contribution is 0.163. The van der Waals surface area contributed by atoms with Gasteiger partial charge in [0.25, 0.3) is 0 Å². The summed E-state index contributed by atoms with van der Waals surface area (Å²) in [7, 11) is 1.78. The van der Waals surface area contributed by atoms with E-state index < -0.39 is 0 Å². The number of urea groups is 1. The van der Waals surface area contributed by atoms with E-state index in [1.54, 1.807) is 18.9 Å². The number of aliphatic hydroxyl groups is 1. The molecule has 1 saturated carbocycles. The van der Waals surface area contributed by atoms with Crippen LogP contribution in [0.25, 0.3) is 0 Å². The van der Waals surface area contributed by atoms with Gasteiger partial charge in [-0.15, -0.1) is 0 Å². The second-order valence-corrected chi connectivity index (χ2v) is 5.94. The molecule has 4 heteroatoms. The number of hydrogen-bond acceptors (Lipinski definition) is 2. The number of carbonyl (C=O) groups is 1. The van der Waals surface area contributed by atoms with E-state index in [1.807, 2.05) is 0 Å². The molecule has 0 aromatic carbocycles. The Bertz CT molecular complexity index is 251. The fraction of sp³-hybridized carbons (Fsp3) is 0.933. The Kier molecular flexibility index (Phi) is 7.87. The molecule has 2 N–H and O–H groups in total. The Balaban J connectivity index is 2.02. The van der Waals surface area contributed by atoms with Crippen LogP contribution in [0.5, 0.6) is 0 Å². The average molecular weight is 270 g/mol. The summed E-state index contributed by atoms with van der Waals surface area (Å²) in [5, 5.41) is 12.1. The summed E-state index contributed by atoms with van der Waals surface area (Å²) >= 11 is 0. The van der Waals surface area contributed by atoms with Gasteiger partial charge in [-0.25, -0.2) is 4.79 Å². The lowest BCUT2D eigenvalue weighted by Gasteiger charge is -2.22. The number of hydrogen-bond donors (Lipinski definition) is 2. The summed E-state index contributed by atoms with van der Waals surface area (Å²) in [6.07, 6.45) is 9.55. The Hall–Kier alpha value is -0.770. The highest BCUT2D eigenvalue weighted by Crippen LogP contribution is 2.26. The van der Waals surface area contributed by atoms with Gasteiger partial charge >= 0.3 is 6.03 Å². The summed E-state index contributed by atoms with van der Waals surface area (Å²) in [6.45, 7) is 3.12. The molecule has 0 aromatic rings. The van der Waals surface area contributed by atoms with Crippen molar-refractivity contribution in [3.63, 3.8) is 0 Å². The minimum atomic E-state index is -0.346. The van der Waals surface area contributed by atoms with Crippen LogP contribution in [0.3, 0.4) is 0 Å². The maximum atomic E-state index is 11.7. The quantitative estimate of drug-likeness (QED) is 0.699. The van der Waals surface area contributed by atoms with Gasteiger partial charge < -0.3 is 15.3 Å². The van der Waals surface area contributed by atoms with Gasteiger partial charge in [0.2, 0.25) is 0 Å². The van der Waals surface area contributed by atoms with Crippen molar-refractivity contribution in [1.82, 2.24) is 10.2 Å². The monoisotopic (exact) mass is 270 g/mol. The van der Waals surface area contributed by atoms with Crippen molar-refractivity contribution in [2.75, 3.05) is 20.1 Å². The molecule has 0 saturated heterocycles. The number of aliphatic hydroxyl groups excluding tert-OH is 1. The minimum Gasteiger partial charge on any atom is -0.393 e. The maximum absolute atomic E-state index is 11.7. The largest absolute Gasteiger partial charge is 0.393 e. The first kappa shape index (κ1) is 16.3. The second kappa shape index (κ2) is 9.18. The van der Waals surface area contributed by atoms with Crippen LogP contribution in [-0.4, -0.2) is 42.3 Å². The molecule has 1 unspecified atom stereocenters. The molecule has 0 bridgehead atoms. The first-order valence-corrected chi connectivity index (χ1v) is 7.76. The molecular formula is C15H30N2O2. The third-order valence-electron chi connectivity index (χ3n) is 4.02. The third kappa shape index (κ3) is 7.41. The molecule has 1 atom stereocenters. The predicted octanol–water partition coefficient (Wildman–Crippen LogP) is 2.76. The van der Waals surface area contributed by atoms with Gasteiger partial charge in [-0.3, -0.25) is 0 Å². The lowest BCUT2D eigenvalue weighted by Crippen LogP contribution is -2.39. The van der Waals surface area contributed by atoms with E-state index >= 15 is 0 Å². The van der Waals surface area contributed by atoms with Crippen LogP contribution in [0.15, 0.2) is 0 Å². The zero-order valence-electron chi connectivity index (χ0n) is 12.5. The molecule has 2 amide bonds. The van der Waals surface area contributed by atoms with E-state index in [0.717, 1.165) is 18.9 Å². The van der Waals surface area contributed by atoms with E-state index in [1.165, 1.54) is 38.5 Å².